The Kier molecular flexibility index (Phi) is 3.41. The van der Waals surface area contributed by atoms with Gasteiger partial charge >= 0.3 is 0 Å². The maximum absolute atomic E-state index is 10.1. The zero-order valence-electron chi connectivity index (χ0n) is 9.78. The molecule has 1 aliphatic rings. The van der Waals surface area contributed by atoms with Gasteiger partial charge in [-0.25, -0.2) is 0 Å². The summed E-state index contributed by atoms with van der Waals surface area (Å²) >= 11 is 3.42. The molecule has 1 unspecified atom stereocenters. The molecule has 0 saturated carbocycles. The number of halogens is 1. The van der Waals surface area contributed by atoms with Gasteiger partial charge in [0.2, 0.25) is 0 Å². The van der Waals surface area contributed by atoms with E-state index in [2.05, 4.69) is 26.9 Å². The summed E-state index contributed by atoms with van der Waals surface area (Å²) in [4.78, 5) is 2.09. The second-order valence-electron chi connectivity index (χ2n) is 4.80. The molecule has 1 saturated heterocycles. The van der Waals surface area contributed by atoms with Gasteiger partial charge in [0.1, 0.15) is 6.07 Å². The molecule has 1 aromatic rings. The van der Waals surface area contributed by atoms with Crippen LogP contribution in [-0.2, 0) is 0 Å². The van der Waals surface area contributed by atoms with Gasteiger partial charge in [-0.05, 0) is 38.0 Å². The number of nitriles is 1. The normalized spacial score (nSPS) is 24.5. The fourth-order valence-electron chi connectivity index (χ4n) is 2.29. The highest BCUT2D eigenvalue weighted by molar-refractivity contribution is 9.10. The van der Waals surface area contributed by atoms with Crippen LogP contribution < -0.4 is 4.90 Å². The Hall–Kier alpha value is -1.05. The monoisotopic (exact) mass is 294 g/mol. The van der Waals surface area contributed by atoms with E-state index in [1.807, 2.05) is 25.1 Å². The highest BCUT2D eigenvalue weighted by Crippen LogP contribution is 2.30. The van der Waals surface area contributed by atoms with Gasteiger partial charge in [-0.2, -0.15) is 5.26 Å². The number of benzene rings is 1. The Morgan fingerprint density at radius 2 is 2.29 bits per heavy atom. The number of nitrogens with zero attached hydrogens (tertiary/aromatic N) is 2. The molecule has 1 aromatic carbocycles. The quantitative estimate of drug-likeness (QED) is 0.866. The van der Waals surface area contributed by atoms with E-state index in [1.54, 1.807) is 0 Å². The van der Waals surface area contributed by atoms with Crippen LogP contribution in [0.4, 0.5) is 5.69 Å². The van der Waals surface area contributed by atoms with E-state index in [9.17, 15) is 5.11 Å². The van der Waals surface area contributed by atoms with Crippen molar-refractivity contribution < 1.29 is 5.11 Å². The van der Waals surface area contributed by atoms with Gasteiger partial charge in [0.15, 0.2) is 0 Å². The standard InChI is InChI=1S/C13H15BrN2O/c1-13(17)5-2-6-16(9-13)12-7-11(14)4-3-10(12)8-15/h3-4,7,17H,2,5-6,9H2,1H3. The molecule has 1 N–H and O–H groups in total. The fourth-order valence-corrected chi connectivity index (χ4v) is 2.64. The van der Waals surface area contributed by atoms with E-state index in [-0.39, 0.29) is 0 Å². The summed E-state index contributed by atoms with van der Waals surface area (Å²) in [5.41, 5.74) is 0.903. The van der Waals surface area contributed by atoms with Crippen molar-refractivity contribution in [3.8, 4) is 6.07 Å². The summed E-state index contributed by atoms with van der Waals surface area (Å²) < 4.78 is 0.955. The van der Waals surface area contributed by atoms with E-state index in [0.29, 0.717) is 12.1 Å². The first-order valence-corrected chi connectivity index (χ1v) is 6.48. The van der Waals surface area contributed by atoms with Crippen molar-refractivity contribution in [1.29, 1.82) is 5.26 Å². The minimum atomic E-state index is -0.659. The summed E-state index contributed by atoms with van der Waals surface area (Å²) in [5, 5.41) is 19.2. The molecule has 17 heavy (non-hydrogen) atoms. The van der Waals surface area contributed by atoms with Gasteiger partial charge in [-0.3, -0.25) is 0 Å². The average Bonchev–Trinajstić information content (AvgIpc) is 2.27. The lowest BCUT2D eigenvalue weighted by Crippen LogP contribution is -2.46. The predicted molar refractivity (Wildman–Crippen MR) is 70.9 cm³/mol. The average molecular weight is 295 g/mol. The van der Waals surface area contributed by atoms with E-state index in [4.69, 9.17) is 5.26 Å². The van der Waals surface area contributed by atoms with Crippen LogP contribution in [-0.4, -0.2) is 23.8 Å². The van der Waals surface area contributed by atoms with Crippen LogP contribution in [0, 0.1) is 11.3 Å². The van der Waals surface area contributed by atoms with Gasteiger partial charge in [0.25, 0.3) is 0 Å². The maximum Gasteiger partial charge on any atom is 0.101 e. The lowest BCUT2D eigenvalue weighted by molar-refractivity contribution is 0.0449. The Morgan fingerprint density at radius 1 is 1.53 bits per heavy atom. The molecule has 1 aliphatic heterocycles. The van der Waals surface area contributed by atoms with Gasteiger partial charge < -0.3 is 10.0 Å². The van der Waals surface area contributed by atoms with Crippen LogP contribution in [0.2, 0.25) is 0 Å². The van der Waals surface area contributed by atoms with E-state index in [0.717, 1.165) is 29.5 Å². The van der Waals surface area contributed by atoms with Gasteiger partial charge in [-0.1, -0.05) is 15.9 Å². The molecule has 1 heterocycles. The second kappa shape index (κ2) is 4.67. The fraction of sp³-hybridized carbons (Fsp3) is 0.462. The lowest BCUT2D eigenvalue weighted by Gasteiger charge is -2.38. The number of aliphatic hydroxyl groups is 1. The molecule has 0 radical (unpaired) electrons. The van der Waals surface area contributed by atoms with Gasteiger partial charge in [-0.15, -0.1) is 0 Å². The first kappa shape index (κ1) is 12.4. The molecular formula is C13H15BrN2O. The predicted octanol–water partition coefficient (Wildman–Crippen LogP) is 2.67. The third kappa shape index (κ3) is 2.80. The Labute approximate surface area is 110 Å². The van der Waals surface area contributed by atoms with Gasteiger partial charge in [0, 0.05) is 17.6 Å². The van der Waals surface area contributed by atoms with Crippen LogP contribution in [0.25, 0.3) is 0 Å². The number of piperidine rings is 1. The van der Waals surface area contributed by atoms with Crippen LogP contribution in [0.5, 0.6) is 0 Å². The topological polar surface area (TPSA) is 47.3 Å². The largest absolute Gasteiger partial charge is 0.388 e. The summed E-state index contributed by atoms with van der Waals surface area (Å²) in [6.45, 7) is 3.32. The van der Waals surface area contributed by atoms with Crippen molar-refractivity contribution in [3.63, 3.8) is 0 Å². The summed E-state index contributed by atoms with van der Waals surface area (Å²) in [7, 11) is 0. The first-order valence-electron chi connectivity index (χ1n) is 5.69. The third-order valence-electron chi connectivity index (χ3n) is 3.10. The molecule has 3 nitrogen and oxygen atoms in total. The molecule has 0 spiro atoms. The van der Waals surface area contributed by atoms with E-state index in [1.165, 1.54) is 0 Å². The number of hydrogen-bond donors (Lipinski definition) is 1. The summed E-state index contributed by atoms with van der Waals surface area (Å²) in [5.74, 6) is 0. The minimum Gasteiger partial charge on any atom is -0.388 e. The van der Waals surface area contributed by atoms with Crippen molar-refractivity contribution in [2.24, 2.45) is 0 Å². The molecule has 0 aliphatic carbocycles. The van der Waals surface area contributed by atoms with Crippen LogP contribution >= 0.6 is 15.9 Å². The Morgan fingerprint density at radius 3 is 2.94 bits per heavy atom. The molecule has 2 rings (SSSR count). The van der Waals surface area contributed by atoms with Crippen molar-refractivity contribution in [3.05, 3.63) is 28.2 Å². The van der Waals surface area contributed by atoms with Crippen molar-refractivity contribution in [2.75, 3.05) is 18.0 Å². The molecule has 4 heteroatoms. The molecule has 1 fully saturated rings. The second-order valence-corrected chi connectivity index (χ2v) is 5.71. The Bertz CT molecular complexity index is 465. The smallest absolute Gasteiger partial charge is 0.101 e. The molecule has 1 atom stereocenters. The van der Waals surface area contributed by atoms with Crippen LogP contribution in [0.3, 0.4) is 0 Å². The van der Waals surface area contributed by atoms with Crippen molar-refractivity contribution >= 4 is 21.6 Å². The Balaban J connectivity index is 2.33. The minimum absolute atomic E-state index is 0.581. The summed E-state index contributed by atoms with van der Waals surface area (Å²) in [6, 6.07) is 7.82. The lowest BCUT2D eigenvalue weighted by atomic mass is 9.94. The van der Waals surface area contributed by atoms with E-state index >= 15 is 0 Å². The zero-order valence-corrected chi connectivity index (χ0v) is 11.4. The highest BCUT2D eigenvalue weighted by Gasteiger charge is 2.29. The van der Waals surface area contributed by atoms with Crippen LogP contribution in [0.1, 0.15) is 25.3 Å². The van der Waals surface area contributed by atoms with Gasteiger partial charge in [0.05, 0.1) is 16.9 Å². The van der Waals surface area contributed by atoms with E-state index < -0.39 is 5.60 Å². The highest BCUT2D eigenvalue weighted by atomic mass is 79.9. The number of anilines is 1. The molecular weight excluding hydrogens is 280 g/mol. The summed E-state index contributed by atoms with van der Waals surface area (Å²) in [6.07, 6.45) is 1.77. The third-order valence-corrected chi connectivity index (χ3v) is 3.59. The molecule has 0 bridgehead atoms. The van der Waals surface area contributed by atoms with Crippen molar-refractivity contribution in [1.82, 2.24) is 0 Å². The maximum atomic E-state index is 10.1. The number of rotatable bonds is 1. The molecule has 90 valence electrons. The molecule has 0 aromatic heterocycles. The molecule has 0 amide bonds. The van der Waals surface area contributed by atoms with Crippen LogP contribution in [0.15, 0.2) is 22.7 Å². The zero-order chi connectivity index (χ0) is 12.5. The first-order chi connectivity index (χ1) is 8.02. The number of β-amino-alcohol motifs (C(OH)–C–C–N with tert-alkyl or cyclic N) is 1. The number of hydrogen-bond acceptors (Lipinski definition) is 3. The van der Waals surface area contributed by atoms with Crippen molar-refractivity contribution in [2.45, 2.75) is 25.4 Å². The SMILES string of the molecule is CC1(O)CCCN(c2cc(Br)ccc2C#N)C1.